The zero-order chi connectivity index (χ0) is 10.3. The number of hydrogen-bond acceptors (Lipinski definition) is 3. The van der Waals surface area contributed by atoms with Crippen molar-refractivity contribution >= 4 is 30.8 Å². The van der Waals surface area contributed by atoms with E-state index in [1.165, 1.54) is 6.07 Å². The molecule has 0 aliphatic heterocycles. The van der Waals surface area contributed by atoms with Crippen molar-refractivity contribution in [1.29, 1.82) is 0 Å². The van der Waals surface area contributed by atoms with Crippen molar-refractivity contribution in [2.75, 3.05) is 0 Å². The standard InChI is InChI=1S/C8H6ClNO3S/c9-14(12,13)10-7-4-2-1-3-6(7)5-8(10)11/h1-5,11H. The number of aromatic hydroxyl groups is 1. The zero-order valence-corrected chi connectivity index (χ0v) is 8.46. The predicted octanol–water partition coefficient (Wildman–Crippen LogP) is 1.68. The molecule has 0 fully saturated rings. The summed E-state index contributed by atoms with van der Waals surface area (Å²) in [6.07, 6.45) is 0. The summed E-state index contributed by atoms with van der Waals surface area (Å²) < 4.78 is 22.9. The second-order valence-corrected chi connectivity index (χ2v) is 5.13. The van der Waals surface area contributed by atoms with E-state index < -0.39 is 9.24 Å². The van der Waals surface area contributed by atoms with Crippen LogP contribution in [0, 0.1) is 0 Å². The van der Waals surface area contributed by atoms with Gasteiger partial charge in [0.1, 0.15) is 0 Å². The summed E-state index contributed by atoms with van der Waals surface area (Å²) in [4.78, 5) is 0. The van der Waals surface area contributed by atoms with E-state index in [0.29, 0.717) is 14.9 Å². The van der Waals surface area contributed by atoms with E-state index >= 15 is 0 Å². The van der Waals surface area contributed by atoms with Gasteiger partial charge in [-0.2, -0.15) is 12.4 Å². The van der Waals surface area contributed by atoms with Gasteiger partial charge in [0.15, 0.2) is 0 Å². The lowest BCUT2D eigenvalue weighted by molar-refractivity contribution is 0.449. The van der Waals surface area contributed by atoms with E-state index in [-0.39, 0.29) is 5.88 Å². The Hall–Kier alpha value is -1.20. The third-order valence-electron chi connectivity index (χ3n) is 1.87. The lowest BCUT2D eigenvalue weighted by atomic mass is 10.3. The van der Waals surface area contributed by atoms with Gasteiger partial charge in [0.05, 0.1) is 5.52 Å². The third-order valence-corrected chi connectivity index (χ3v) is 3.10. The number of aromatic nitrogens is 1. The molecule has 0 atom stereocenters. The maximum absolute atomic E-state index is 11.1. The van der Waals surface area contributed by atoms with Gasteiger partial charge in [0.2, 0.25) is 5.88 Å². The number of hydrogen-bond donors (Lipinski definition) is 1. The van der Waals surface area contributed by atoms with Crippen LogP contribution in [0.3, 0.4) is 0 Å². The van der Waals surface area contributed by atoms with Crippen LogP contribution in [0.25, 0.3) is 10.9 Å². The van der Waals surface area contributed by atoms with Gasteiger partial charge in [-0.3, -0.25) is 0 Å². The van der Waals surface area contributed by atoms with Gasteiger partial charge in [-0.1, -0.05) is 18.2 Å². The minimum absolute atomic E-state index is 0.361. The summed E-state index contributed by atoms with van der Waals surface area (Å²) in [7, 11) is 1.18. The monoisotopic (exact) mass is 231 g/mol. The molecule has 1 heterocycles. The van der Waals surface area contributed by atoms with E-state index in [1.54, 1.807) is 24.3 Å². The van der Waals surface area contributed by atoms with Crippen molar-refractivity contribution in [2.24, 2.45) is 0 Å². The molecule has 0 saturated carbocycles. The van der Waals surface area contributed by atoms with Crippen LogP contribution in [-0.4, -0.2) is 17.5 Å². The molecule has 0 aliphatic rings. The Morgan fingerprint density at radius 3 is 2.57 bits per heavy atom. The second-order valence-electron chi connectivity index (χ2n) is 2.77. The van der Waals surface area contributed by atoms with Gasteiger partial charge < -0.3 is 5.11 Å². The van der Waals surface area contributed by atoms with E-state index in [2.05, 4.69) is 0 Å². The Kier molecular flexibility index (Phi) is 1.94. The van der Waals surface area contributed by atoms with Crippen molar-refractivity contribution in [1.82, 2.24) is 3.97 Å². The first-order chi connectivity index (χ1) is 6.50. The van der Waals surface area contributed by atoms with E-state index in [1.807, 2.05) is 0 Å². The fourth-order valence-electron chi connectivity index (χ4n) is 1.34. The maximum atomic E-state index is 11.1. The number of rotatable bonds is 1. The number of para-hydroxylation sites is 1. The summed E-state index contributed by atoms with van der Waals surface area (Å²) >= 11 is 0. The molecule has 0 unspecified atom stereocenters. The van der Waals surface area contributed by atoms with Crippen LogP contribution < -0.4 is 0 Å². The average molecular weight is 232 g/mol. The highest BCUT2D eigenvalue weighted by molar-refractivity contribution is 8.12. The van der Waals surface area contributed by atoms with Crippen LogP contribution in [0.4, 0.5) is 0 Å². The fraction of sp³-hybridized carbons (Fsp3) is 0. The summed E-state index contributed by atoms with van der Waals surface area (Å²) in [6.45, 7) is 0. The van der Waals surface area contributed by atoms with E-state index in [9.17, 15) is 13.5 Å². The van der Waals surface area contributed by atoms with Crippen molar-refractivity contribution in [3.05, 3.63) is 30.3 Å². The lowest BCUT2D eigenvalue weighted by Gasteiger charge is -2.00. The van der Waals surface area contributed by atoms with Crippen LogP contribution in [0.15, 0.2) is 30.3 Å². The number of halogens is 1. The third kappa shape index (κ3) is 1.34. The van der Waals surface area contributed by atoms with E-state index in [0.717, 1.165) is 0 Å². The number of nitrogens with zero attached hydrogens (tertiary/aromatic N) is 1. The fourth-order valence-corrected chi connectivity index (χ4v) is 2.46. The molecule has 2 aromatic rings. The minimum Gasteiger partial charge on any atom is -0.494 e. The van der Waals surface area contributed by atoms with Crippen molar-refractivity contribution in [3.8, 4) is 5.88 Å². The van der Waals surface area contributed by atoms with Gasteiger partial charge in [-0.05, 0) is 6.07 Å². The molecule has 1 aromatic carbocycles. The SMILES string of the molecule is O=S(=O)(Cl)n1c(O)cc2ccccc21. The van der Waals surface area contributed by atoms with Crippen LogP contribution in [-0.2, 0) is 9.24 Å². The highest BCUT2D eigenvalue weighted by atomic mass is 35.7. The van der Waals surface area contributed by atoms with Crippen molar-refractivity contribution in [2.45, 2.75) is 0 Å². The molecule has 1 N–H and O–H groups in total. The first-order valence-electron chi connectivity index (χ1n) is 3.75. The smallest absolute Gasteiger partial charge is 0.328 e. The molecule has 74 valence electrons. The quantitative estimate of drug-likeness (QED) is 0.760. The van der Waals surface area contributed by atoms with Gasteiger partial charge in [0, 0.05) is 22.1 Å². The van der Waals surface area contributed by atoms with Crippen LogP contribution in [0.5, 0.6) is 5.88 Å². The number of benzene rings is 1. The van der Waals surface area contributed by atoms with Crippen LogP contribution >= 0.6 is 10.7 Å². The second kappa shape index (κ2) is 2.90. The minimum atomic E-state index is -3.98. The Labute approximate surface area is 84.9 Å². The topological polar surface area (TPSA) is 59.3 Å². The lowest BCUT2D eigenvalue weighted by Crippen LogP contribution is -2.03. The van der Waals surface area contributed by atoms with Crippen molar-refractivity contribution in [3.63, 3.8) is 0 Å². The largest absolute Gasteiger partial charge is 0.494 e. The summed E-state index contributed by atoms with van der Waals surface area (Å²) in [6, 6.07) is 8.01. The summed E-state index contributed by atoms with van der Waals surface area (Å²) in [5.74, 6) is -0.388. The van der Waals surface area contributed by atoms with Gasteiger partial charge in [-0.15, -0.1) is 0 Å². The Morgan fingerprint density at radius 2 is 1.93 bits per heavy atom. The first kappa shape index (κ1) is 9.36. The predicted molar refractivity (Wildman–Crippen MR) is 53.8 cm³/mol. The van der Waals surface area contributed by atoms with Gasteiger partial charge in [-0.25, -0.2) is 0 Å². The highest BCUT2D eigenvalue weighted by Crippen LogP contribution is 2.27. The number of fused-ring (bicyclic) bond motifs is 1. The Bertz CT molecular complexity index is 588. The molecule has 0 saturated heterocycles. The van der Waals surface area contributed by atoms with E-state index in [4.69, 9.17) is 10.7 Å². The molecule has 6 heteroatoms. The Balaban J connectivity index is 2.95. The molecular formula is C8H6ClNO3S. The van der Waals surface area contributed by atoms with Gasteiger partial charge in [0.25, 0.3) is 0 Å². The zero-order valence-electron chi connectivity index (χ0n) is 6.88. The molecule has 2 rings (SSSR count). The van der Waals surface area contributed by atoms with Crippen LogP contribution in [0.2, 0.25) is 0 Å². The van der Waals surface area contributed by atoms with Gasteiger partial charge >= 0.3 is 9.24 Å². The molecule has 0 amide bonds. The molecule has 0 aliphatic carbocycles. The average Bonchev–Trinajstić information content (AvgIpc) is 2.38. The van der Waals surface area contributed by atoms with Crippen LogP contribution in [0.1, 0.15) is 0 Å². The normalized spacial score (nSPS) is 12.1. The molecule has 4 nitrogen and oxygen atoms in total. The molecule has 1 aromatic heterocycles. The first-order valence-corrected chi connectivity index (χ1v) is 6.01. The maximum Gasteiger partial charge on any atom is 0.328 e. The summed E-state index contributed by atoms with van der Waals surface area (Å²) in [5, 5.41) is 9.99. The molecular weight excluding hydrogens is 226 g/mol. The highest BCUT2D eigenvalue weighted by Gasteiger charge is 2.16. The molecule has 0 radical (unpaired) electrons. The Morgan fingerprint density at radius 1 is 1.29 bits per heavy atom. The molecule has 0 bridgehead atoms. The molecule has 0 spiro atoms. The van der Waals surface area contributed by atoms with Crippen molar-refractivity contribution < 1.29 is 13.5 Å². The molecule has 14 heavy (non-hydrogen) atoms. The summed E-state index contributed by atoms with van der Waals surface area (Å²) in [5.41, 5.74) is 0.361.